The van der Waals surface area contributed by atoms with Crippen LogP contribution in [-0.4, -0.2) is 18.4 Å². The van der Waals surface area contributed by atoms with Gasteiger partial charge in [-0.05, 0) is 42.8 Å². The Balaban J connectivity index is 1.85. The van der Waals surface area contributed by atoms with Gasteiger partial charge in [-0.25, -0.2) is 0 Å². The van der Waals surface area contributed by atoms with Crippen LogP contribution in [0.5, 0.6) is 0 Å². The van der Waals surface area contributed by atoms with E-state index in [0.29, 0.717) is 27.8 Å². The van der Waals surface area contributed by atoms with Crippen molar-refractivity contribution in [1.82, 2.24) is 0 Å². The van der Waals surface area contributed by atoms with Gasteiger partial charge in [0.15, 0.2) is 0 Å². The molecule has 0 aliphatic rings. The summed E-state index contributed by atoms with van der Waals surface area (Å²) in [6.45, 7) is 2.15. The summed E-state index contributed by atoms with van der Waals surface area (Å²) < 4.78 is 0. The predicted octanol–water partition coefficient (Wildman–Crippen LogP) is 5.56. The van der Waals surface area contributed by atoms with E-state index < -0.39 is 0 Å². The summed E-state index contributed by atoms with van der Waals surface area (Å²) in [6.07, 6.45) is 3.51. The fraction of sp³-hybridized carbons (Fsp3) is 0.300. The second kappa shape index (κ2) is 10.8. The van der Waals surface area contributed by atoms with Crippen molar-refractivity contribution in [2.45, 2.75) is 32.6 Å². The number of nitrogens with one attached hydrogen (secondary N) is 3. The molecule has 27 heavy (non-hydrogen) atoms. The second-order valence-electron chi connectivity index (χ2n) is 6.11. The van der Waals surface area contributed by atoms with Crippen molar-refractivity contribution in [2.75, 3.05) is 22.5 Å². The lowest BCUT2D eigenvalue weighted by molar-refractivity contribution is -0.116. The topological polar surface area (TPSA) is 70.2 Å². The summed E-state index contributed by atoms with van der Waals surface area (Å²) >= 11 is 12.0. The van der Waals surface area contributed by atoms with Crippen LogP contribution in [0.15, 0.2) is 42.5 Å². The smallest absolute Gasteiger partial charge is 0.243 e. The molecule has 0 spiro atoms. The Morgan fingerprint density at radius 2 is 1.70 bits per heavy atom. The summed E-state index contributed by atoms with van der Waals surface area (Å²) in [5, 5.41) is 9.51. The largest absolute Gasteiger partial charge is 0.376 e. The Bertz CT molecular complexity index is 797. The van der Waals surface area contributed by atoms with Crippen LogP contribution in [0.25, 0.3) is 0 Å². The fourth-order valence-corrected chi connectivity index (χ4v) is 2.77. The van der Waals surface area contributed by atoms with E-state index in [0.717, 1.165) is 24.9 Å². The lowest BCUT2D eigenvalue weighted by Crippen LogP contribution is -2.22. The van der Waals surface area contributed by atoms with E-state index in [2.05, 4.69) is 22.9 Å². The average Bonchev–Trinajstić information content (AvgIpc) is 2.63. The zero-order valence-electron chi connectivity index (χ0n) is 15.1. The average molecular weight is 408 g/mol. The van der Waals surface area contributed by atoms with Crippen LogP contribution in [0.1, 0.15) is 32.6 Å². The minimum absolute atomic E-state index is 0.00561. The van der Waals surface area contributed by atoms with E-state index >= 15 is 0 Å². The summed E-state index contributed by atoms with van der Waals surface area (Å²) in [5.41, 5.74) is 1.89. The molecule has 7 heteroatoms. The zero-order valence-corrected chi connectivity index (χ0v) is 16.7. The van der Waals surface area contributed by atoms with Crippen molar-refractivity contribution in [3.63, 3.8) is 0 Å². The second-order valence-corrected chi connectivity index (χ2v) is 6.96. The molecule has 0 bridgehead atoms. The van der Waals surface area contributed by atoms with Crippen molar-refractivity contribution in [3.05, 3.63) is 52.5 Å². The normalized spacial score (nSPS) is 10.3. The molecular formula is C20H23Cl2N3O2. The van der Waals surface area contributed by atoms with E-state index in [1.807, 2.05) is 18.2 Å². The maximum atomic E-state index is 12.1. The summed E-state index contributed by atoms with van der Waals surface area (Å²) in [5.74, 6) is -0.262. The number of carbonyl (C=O) groups is 2. The highest BCUT2D eigenvalue weighted by Crippen LogP contribution is 2.25. The zero-order chi connectivity index (χ0) is 19.6. The molecule has 0 unspecified atom stereocenters. The van der Waals surface area contributed by atoms with E-state index in [1.165, 1.54) is 0 Å². The Kier molecular flexibility index (Phi) is 8.43. The molecule has 0 radical (unpaired) electrons. The monoisotopic (exact) mass is 407 g/mol. The SMILES string of the molecule is CCCCCC(=O)Nc1cccc(NCC(=O)Nc2cc(Cl)ccc2Cl)c1. The van der Waals surface area contributed by atoms with Gasteiger partial charge in [0.1, 0.15) is 0 Å². The quantitative estimate of drug-likeness (QED) is 0.476. The molecule has 0 aliphatic heterocycles. The number of hydrogen-bond acceptors (Lipinski definition) is 3. The molecule has 144 valence electrons. The first-order chi connectivity index (χ1) is 13.0. The van der Waals surface area contributed by atoms with Crippen molar-refractivity contribution >= 4 is 52.1 Å². The first-order valence-corrected chi connectivity index (χ1v) is 9.62. The molecule has 5 nitrogen and oxygen atoms in total. The van der Waals surface area contributed by atoms with Crippen LogP contribution in [0.2, 0.25) is 10.0 Å². The molecule has 2 aromatic carbocycles. The highest BCUT2D eigenvalue weighted by molar-refractivity contribution is 6.35. The van der Waals surface area contributed by atoms with Gasteiger partial charge in [0.25, 0.3) is 0 Å². The number of rotatable bonds is 9. The minimum Gasteiger partial charge on any atom is -0.376 e. The summed E-state index contributed by atoms with van der Waals surface area (Å²) in [6, 6.07) is 12.1. The molecule has 0 heterocycles. The first-order valence-electron chi connectivity index (χ1n) is 8.86. The predicted molar refractivity (Wildman–Crippen MR) is 113 cm³/mol. The van der Waals surface area contributed by atoms with Gasteiger partial charge in [0.05, 0.1) is 17.3 Å². The Labute approximate surface area is 169 Å². The number of anilines is 3. The Morgan fingerprint density at radius 1 is 0.926 bits per heavy atom. The molecular weight excluding hydrogens is 385 g/mol. The molecule has 0 aromatic heterocycles. The molecule has 3 N–H and O–H groups in total. The molecule has 2 rings (SSSR count). The lowest BCUT2D eigenvalue weighted by Gasteiger charge is -2.11. The van der Waals surface area contributed by atoms with Gasteiger partial charge in [-0.3, -0.25) is 9.59 Å². The third kappa shape index (κ3) is 7.49. The van der Waals surface area contributed by atoms with Gasteiger partial charge in [0, 0.05) is 22.8 Å². The number of amides is 2. The Hall–Kier alpha value is -2.24. The number of benzene rings is 2. The first kappa shape index (κ1) is 21.1. The maximum Gasteiger partial charge on any atom is 0.243 e. The van der Waals surface area contributed by atoms with Crippen molar-refractivity contribution < 1.29 is 9.59 Å². The number of carbonyl (C=O) groups excluding carboxylic acids is 2. The highest BCUT2D eigenvalue weighted by Gasteiger charge is 2.07. The van der Waals surface area contributed by atoms with Crippen molar-refractivity contribution in [1.29, 1.82) is 0 Å². The standard InChI is InChI=1S/C20H23Cl2N3O2/c1-2-3-4-8-19(26)24-16-7-5-6-15(12-16)23-13-20(27)25-18-11-14(21)9-10-17(18)22/h5-7,9-12,23H,2-4,8,13H2,1H3,(H,24,26)(H,25,27). The third-order valence-corrected chi connectivity index (χ3v) is 4.37. The number of halogens is 2. The molecule has 0 aliphatic carbocycles. The van der Waals surface area contributed by atoms with Crippen molar-refractivity contribution in [2.24, 2.45) is 0 Å². The number of unbranched alkanes of at least 4 members (excludes halogenated alkanes) is 2. The van der Waals surface area contributed by atoms with Gasteiger partial charge < -0.3 is 16.0 Å². The molecule has 0 fully saturated rings. The molecule has 2 aromatic rings. The van der Waals surface area contributed by atoms with E-state index in [9.17, 15) is 9.59 Å². The van der Waals surface area contributed by atoms with E-state index in [-0.39, 0.29) is 18.4 Å². The van der Waals surface area contributed by atoms with Gasteiger partial charge >= 0.3 is 0 Å². The fourth-order valence-electron chi connectivity index (χ4n) is 2.44. The molecule has 0 saturated carbocycles. The van der Waals surface area contributed by atoms with Crippen LogP contribution in [-0.2, 0) is 9.59 Å². The van der Waals surface area contributed by atoms with Gasteiger partial charge in [0.2, 0.25) is 11.8 Å². The number of hydrogen-bond donors (Lipinski definition) is 3. The lowest BCUT2D eigenvalue weighted by atomic mass is 10.2. The highest BCUT2D eigenvalue weighted by atomic mass is 35.5. The van der Waals surface area contributed by atoms with Crippen LogP contribution in [0.3, 0.4) is 0 Å². The van der Waals surface area contributed by atoms with Crippen LogP contribution in [0.4, 0.5) is 17.1 Å². The summed E-state index contributed by atoms with van der Waals surface area (Å²) in [4.78, 5) is 24.0. The van der Waals surface area contributed by atoms with Crippen LogP contribution in [0, 0.1) is 0 Å². The van der Waals surface area contributed by atoms with Crippen LogP contribution >= 0.6 is 23.2 Å². The van der Waals surface area contributed by atoms with E-state index in [4.69, 9.17) is 23.2 Å². The van der Waals surface area contributed by atoms with Gasteiger partial charge in [-0.1, -0.05) is 49.0 Å². The molecule has 0 atom stereocenters. The third-order valence-electron chi connectivity index (χ3n) is 3.81. The van der Waals surface area contributed by atoms with Crippen LogP contribution < -0.4 is 16.0 Å². The summed E-state index contributed by atoms with van der Waals surface area (Å²) in [7, 11) is 0. The maximum absolute atomic E-state index is 12.1. The minimum atomic E-state index is -0.256. The molecule has 0 saturated heterocycles. The van der Waals surface area contributed by atoms with Crippen molar-refractivity contribution in [3.8, 4) is 0 Å². The Morgan fingerprint density at radius 3 is 2.48 bits per heavy atom. The molecule has 2 amide bonds. The van der Waals surface area contributed by atoms with Gasteiger partial charge in [-0.2, -0.15) is 0 Å². The van der Waals surface area contributed by atoms with Gasteiger partial charge in [-0.15, -0.1) is 0 Å². The van der Waals surface area contributed by atoms with E-state index in [1.54, 1.807) is 24.3 Å².